The van der Waals surface area contributed by atoms with Gasteiger partial charge in [-0.2, -0.15) is 0 Å². The monoisotopic (exact) mass is 356 g/mol. The van der Waals surface area contributed by atoms with Crippen LogP contribution in [0, 0.1) is 0 Å². The molecule has 27 heavy (non-hydrogen) atoms. The Morgan fingerprint density at radius 3 is 2.41 bits per heavy atom. The Morgan fingerprint density at radius 1 is 0.889 bits per heavy atom. The number of amides is 2. The molecule has 0 aliphatic carbocycles. The highest BCUT2D eigenvalue weighted by Crippen LogP contribution is 2.25. The molecule has 0 aliphatic rings. The van der Waals surface area contributed by atoms with E-state index in [0.29, 0.717) is 11.3 Å². The molecule has 1 N–H and O–H groups in total. The summed E-state index contributed by atoms with van der Waals surface area (Å²) in [6.07, 6.45) is 0. The third-order valence-corrected chi connectivity index (χ3v) is 4.18. The zero-order valence-corrected chi connectivity index (χ0v) is 14.6. The molecule has 1 aromatic heterocycles. The van der Waals surface area contributed by atoms with Crippen LogP contribution in [0.5, 0.6) is 0 Å². The molecular formula is C22H16N2O3. The van der Waals surface area contributed by atoms with Crippen LogP contribution in [-0.2, 0) is 4.79 Å². The van der Waals surface area contributed by atoms with Crippen molar-refractivity contribution >= 4 is 39.2 Å². The zero-order chi connectivity index (χ0) is 18.8. The number of hydrogen-bond donors (Lipinski definition) is 1. The van der Waals surface area contributed by atoms with Crippen LogP contribution in [-0.4, -0.2) is 11.8 Å². The number of carbonyl (C=O) groups is 2. The average molecular weight is 356 g/mol. The molecule has 4 rings (SSSR count). The molecule has 0 atom stereocenters. The van der Waals surface area contributed by atoms with Gasteiger partial charge in [0, 0.05) is 12.3 Å². The molecule has 5 nitrogen and oxygen atoms in total. The van der Waals surface area contributed by atoms with Gasteiger partial charge in [0.2, 0.25) is 11.5 Å². The number of para-hydroxylation sites is 1. The van der Waals surface area contributed by atoms with Crippen LogP contribution in [0.2, 0.25) is 0 Å². The first-order valence-electron chi connectivity index (χ1n) is 8.49. The van der Waals surface area contributed by atoms with E-state index in [2.05, 4.69) is 10.3 Å². The minimum Gasteiger partial charge on any atom is -0.438 e. The second-order valence-electron chi connectivity index (χ2n) is 6.12. The van der Waals surface area contributed by atoms with Crippen LogP contribution in [0.4, 0.5) is 5.69 Å². The van der Waals surface area contributed by atoms with E-state index in [4.69, 9.17) is 4.42 Å². The van der Waals surface area contributed by atoms with Crippen molar-refractivity contribution in [1.82, 2.24) is 5.32 Å². The third kappa shape index (κ3) is 3.35. The van der Waals surface area contributed by atoms with Gasteiger partial charge in [-0.25, -0.2) is 4.99 Å². The van der Waals surface area contributed by atoms with Crippen molar-refractivity contribution in [3.63, 3.8) is 0 Å². The van der Waals surface area contributed by atoms with Gasteiger partial charge in [-0.15, -0.1) is 0 Å². The summed E-state index contributed by atoms with van der Waals surface area (Å²) in [5, 5.41) is 5.08. The first kappa shape index (κ1) is 16.7. The number of benzene rings is 3. The Hall–Kier alpha value is -3.73. The second kappa shape index (κ2) is 6.88. The summed E-state index contributed by atoms with van der Waals surface area (Å²) in [5.74, 6) is -0.987. The van der Waals surface area contributed by atoms with Gasteiger partial charge in [-0.05, 0) is 35.0 Å². The van der Waals surface area contributed by atoms with Crippen molar-refractivity contribution in [1.29, 1.82) is 0 Å². The summed E-state index contributed by atoms with van der Waals surface area (Å²) < 4.78 is 5.97. The van der Waals surface area contributed by atoms with Crippen molar-refractivity contribution in [3.05, 3.63) is 83.9 Å². The molecule has 0 spiro atoms. The Labute approximate surface area is 155 Å². The third-order valence-electron chi connectivity index (χ3n) is 4.18. The van der Waals surface area contributed by atoms with E-state index >= 15 is 0 Å². The number of rotatable bonds is 2. The molecule has 5 heteroatoms. The molecule has 0 radical (unpaired) electrons. The lowest BCUT2D eigenvalue weighted by molar-refractivity contribution is -0.118. The van der Waals surface area contributed by atoms with E-state index in [0.717, 1.165) is 16.2 Å². The molecule has 2 amide bonds. The fraction of sp³-hybridized carbons (Fsp3) is 0.0455. The number of fused-ring (bicyclic) bond motifs is 3. The van der Waals surface area contributed by atoms with Gasteiger partial charge in [0.1, 0.15) is 11.1 Å². The lowest BCUT2D eigenvalue weighted by Gasteiger charge is -2.07. The first-order chi connectivity index (χ1) is 13.1. The molecule has 4 aromatic rings. The average Bonchev–Trinajstić information content (AvgIpc) is 2.67. The SMILES string of the molecule is CC(=O)NC(=O)c1cc2c(ccc3ccccc32)oc1=Nc1ccccc1. The lowest BCUT2D eigenvalue weighted by atomic mass is 10.0. The quantitative estimate of drug-likeness (QED) is 0.550. The number of hydrogen-bond acceptors (Lipinski definition) is 4. The van der Waals surface area contributed by atoms with Crippen molar-refractivity contribution in [3.8, 4) is 0 Å². The normalized spacial score (nSPS) is 11.7. The summed E-state index contributed by atoms with van der Waals surface area (Å²) in [4.78, 5) is 28.4. The van der Waals surface area contributed by atoms with E-state index in [-0.39, 0.29) is 11.1 Å². The van der Waals surface area contributed by atoms with E-state index in [1.165, 1.54) is 6.92 Å². The van der Waals surface area contributed by atoms with E-state index in [9.17, 15) is 9.59 Å². The minimum absolute atomic E-state index is 0.155. The van der Waals surface area contributed by atoms with Crippen LogP contribution >= 0.6 is 0 Å². The maximum atomic E-state index is 12.6. The van der Waals surface area contributed by atoms with Gasteiger partial charge in [0.05, 0.1) is 5.69 Å². The van der Waals surface area contributed by atoms with Crippen LogP contribution in [0.15, 0.2) is 82.2 Å². The highest BCUT2D eigenvalue weighted by atomic mass is 16.3. The fourth-order valence-electron chi connectivity index (χ4n) is 2.97. The summed E-state index contributed by atoms with van der Waals surface area (Å²) in [7, 11) is 0. The molecule has 0 fully saturated rings. The number of carbonyl (C=O) groups excluding carboxylic acids is 2. The van der Waals surface area contributed by atoms with Crippen LogP contribution in [0.25, 0.3) is 21.7 Å². The highest BCUT2D eigenvalue weighted by Gasteiger charge is 2.15. The molecule has 1 heterocycles. The fourth-order valence-corrected chi connectivity index (χ4v) is 2.97. The molecule has 0 aliphatic heterocycles. The van der Waals surface area contributed by atoms with Crippen molar-refractivity contribution in [2.45, 2.75) is 6.92 Å². The van der Waals surface area contributed by atoms with Crippen LogP contribution in [0.1, 0.15) is 17.3 Å². The van der Waals surface area contributed by atoms with Crippen molar-refractivity contribution in [2.24, 2.45) is 4.99 Å². The Bertz CT molecular complexity index is 1240. The molecular weight excluding hydrogens is 340 g/mol. The van der Waals surface area contributed by atoms with Gasteiger partial charge < -0.3 is 4.42 Å². The standard InChI is InChI=1S/C22H16N2O3/c1-14(25)23-21(26)19-13-18-17-10-6-5-7-15(17)11-12-20(18)27-22(19)24-16-8-3-2-4-9-16/h2-13H,1H3,(H,23,25,26). The molecule has 0 saturated heterocycles. The summed E-state index contributed by atoms with van der Waals surface area (Å²) in [6, 6.07) is 22.6. The number of nitrogens with zero attached hydrogens (tertiary/aromatic N) is 1. The topological polar surface area (TPSA) is 71.7 Å². The van der Waals surface area contributed by atoms with Gasteiger partial charge in [-0.1, -0.05) is 48.5 Å². The highest BCUT2D eigenvalue weighted by molar-refractivity contribution is 6.09. The largest absolute Gasteiger partial charge is 0.438 e. The lowest BCUT2D eigenvalue weighted by Crippen LogP contribution is -2.32. The van der Waals surface area contributed by atoms with Gasteiger partial charge >= 0.3 is 0 Å². The second-order valence-corrected chi connectivity index (χ2v) is 6.12. The Balaban J connectivity index is 2.03. The van der Waals surface area contributed by atoms with E-state index < -0.39 is 11.8 Å². The van der Waals surface area contributed by atoms with E-state index in [1.807, 2.05) is 66.7 Å². The smallest absolute Gasteiger partial charge is 0.263 e. The number of imide groups is 1. The Morgan fingerprint density at radius 2 is 1.63 bits per heavy atom. The first-order valence-corrected chi connectivity index (χ1v) is 8.49. The maximum Gasteiger partial charge on any atom is 0.263 e. The molecule has 132 valence electrons. The van der Waals surface area contributed by atoms with Gasteiger partial charge in [-0.3, -0.25) is 14.9 Å². The minimum atomic E-state index is -0.546. The molecule has 0 bridgehead atoms. The van der Waals surface area contributed by atoms with Crippen LogP contribution < -0.4 is 10.9 Å². The van der Waals surface area contributed by atoms with Gasteiger partial charge in [0.15, 0.2) is 0 Å². The molecule has 0 unspecified atom stereocenters. The number of nitrogens with one attached hydrogen (secondary N) is 1. The summed E-state index contributed by atoms with van der Waals surface area (Å²) in [6.45, 7) is 1.29. The predicted molar refractivity (Wildman–Crippen MR) is 104 cm³/mol. The predicted octanol–water partition coefficient (Wildman–Crippen LogP) is 4.09. The Kier molecular flexibility index (Phi) is 4.26. The summed E-state index contributed by atoms with van der Waals surface area (Å²) >= 11 is 0. The van der Waals surface area contributed by atoms with Crippen molar-refractivity contribution < 1.29 is 14.0 Å². The zero-order valence-electron chi connectivity index (χ0n) is 14.6. The van der Waals surface area contributed by atoms with Gasteiger partial charge in [0.25, 0.3) is 5.91 Å². The summed E-state index contributed by atoms with van der Waals surface area (Å²) in [5.41, 5.74) is 1.63. The van der Waals surface area contributed by atoms with Crippen LogP contribution in [0.3, 0.4) is 0 Å². The van der Waals surface area contributed by atoms with Crippen molar-refractivity contribution in [2.75, 3.05) is 0 Å². The molecule has 0 saturated carbocycles. The maximum absolute atomic E-state index is 12.6. The molecule has 3 aromatic carbocycles. The van der Waals surface area contributed by atoms with E-state index in [1.54, 1.807) is 6.07 Å².